The molecule has 1 fully saturated rings. The Labute approximate surface area is 203 Å². The number of ether oxygens (including phenoxy) is 1. The fourth-order valence-electron chi connectivity index (χ4n) is 3.57. The van der Waals surface area contributed by atoms with Crippen LogP contribution in [0.3, 0.4) is 0 Å². The first-order valence-corrected chi connectivity index (χ1v) is 11.3. The van der Waals surface area contributed by atoms with Crippen LogP contribution < -0.4 is 10.1 Å². The van der Waals surface area contributed by atoms with Crippen LogP contribution in [0.25, 0.3) is 6.08 Å². The van der Waals surface area contributed by atoms with Crippen LogP contribution in [0.4, 0.5) is 10.6 Å². The molecule has 178 valence electrons. The molecular weight excluding hydrogens is 444 g/mol. The van der Waals surface area contributed by atoms with Gasteiger partial charge in [0.25, 0.3) is 5.91 Å². The topological polar surface area (TPSA) is 91.8 Å². The summed E-state index contributed by atoms with van der Waals surface area (Å²) in [5, 5.41) is 2.57. The number of piperazine rings is 1. The van der Waals surface area contributed by atoms with Crippen LogP contribution in [-0.2, 0) is 0 Å². The number of carbonyl (C=O) groups excluding carboxylic acids is 3. The number of anilines is 1. The summed E-state index contributed by atoms with van der Waals surface area (Å²) in [7, 11) is 2.04. The molecule has 1 aliphatic heterocycles. The maximum absolute atomic E-state index is 12.7. The van der Waals surface area contributed by atoms with Crippen LogP contribution in [0.5, 0.6) is 5.75 Å². The minimum Gasteiger partial charge on any atom is -0.410 e. The lowest BCUT2D eigenvalue weighted by molar-refractivity contribution is 0.0663. The highest BCUT2D eigenvalue weighted by molar-refractivity contribution is 6.07. The largest absolute Gasteiger partial charge is 0.418 e. The maximum atomic E-state index is 12.7. The van der Waals surface area contributed by atoms with Gasteiger partial charge in [0, 0.05) is 37.3 Å². The first kappa shape index (κ1) is 23.8. The van der Waals surface area contributed by atoms with Crippen molar-refractivity contribution in [3.63, 3.8) is 0 Å². The SMILES string of the molecule is CN1CCN(C(=O)c2ccc(C(=O)/C=C\c3cccc(NC(=O)Oc4ccccc4)n3)cc2)CC1. The lowest BCUT2D eigenvalue weighted by Crippen LogP contribution is -2.47. The molecule has 4 rings (SSSR count). The molecule has 0 spiro atoms. The van der Waals surface area contributed by atoms with Crippen molar-refractivity contribution >= 4 is 29.7 Å². The van der Waals surface area contributed by atoms with Gasteiger partial charge < -0.3 is 14.5 Å². The summed E-state index contributed by atoms with van der Waals surface area (Å²) in [5.41, 5.74) is 1.53. The molecule has 0 saturated carbocycles. The lowest BCUT2D eigenvalue weighted by atomic mass is 10.1. The Morgan fingerprint density at radius 2 is 1.54 bits per heavy atom. The highest BCUT2D eigenvalue weighted by Gasteiger charge is 2.20. The summed E-state index contributed by atoms with van der Waals surface area (Å²) < 4.78 is 5.19. The Bertz CT molecular complexity index is 1220. The van der Waals surface area contributed by atoms with Gasteiger partial charge in [-0.2, -0.15) is 0 Å². The second kappa shape index (κ2) is 11.2. The number of hydrogen-bond donors (Lipinski definition) is 1. The molecule has 0 atom stereocenters. The number of ketones is 1. The average Bonchev–Trinajstić information content (AvgIpc) is 2.88. The van der Waals surface area contributed by atoms with E-state index in [0.29, 0.717) is 41.5 Å². The zero-order valence-corrected chi connectivity index (χ0v) is 19.4. The molecule has 3 aromatic rings. The van der Waals surface area contributed by atoms with Gasteiger partial charge >= 0.3 is 6.09 Å². The van der Waals surface area contributed by atoms with E-state index < -0.39 is 6.09 Å². The number of likely N-dealkylation sites (N-methyl/N-ethyl adjacent to an activating group) is 1. The van der Waals surface area contributed by atoms with Crippen molar-refractivity contribution in [2.45, 2.75) is 0 Å². The quantitative estimate of drug-likeness (QED) is 0.433. The lowest BCUT2D eigenvalue weighted by Gasteiger charge is -2.32. The number of nitrogens with one attached hydrogen (secondary N) is 1. The fourth-order valence-corrected chi connectivity index (χ4v) is 3.57. The number of nitrogens with zero attached hydrogens (tertiary/aromatic N) is 3. The minimum absolute atomic E-state index is 0.0213. The number of allylic oxidation sites excluding steroid dienone is 1. The first-order chi connectivity index (χ1) is 17.0. The Hall–Kier alpha value is -4.30. The third-order valence-corrected chi connectivity index (χ3v) is 5.57. The molecule has 0 radical (unpaired) electrons. The van der Waals surface area contributed by atoms with E-state index in [1.165, 1.54) is 6.08 Å². The van der Waals surface area contributed by atoms with E-state index >= 15 is 0 Å². The van der Waals surface area contributed by atoms with Gasteiger partial charge in [0.05, 0.1) is 5.69 Å². The van der Waals surface area contributed by atoms with Crippen molar-refractivity contribution in [3.8, 4) is 5.75 Å². The van der Waals surface area contributed by atoms with Crippen molar-refractivity contribution in [2.75, 3.05) is 38.5 Å². The fraction of sp³-hybridized carbons (Fsp3) is 0.185. The number of rotatable bonds is 6. The summed E-state index contributed by atoms with van der Waals surface area (Å²) in [4.78, 5) is 45.7. The summed E-state index contributed by atoms with van der Waals surface area (Å²) in [6, 6.07) is 20.4. The van der Waals surface area contributed by atoms with Gasteiger partial charge in [-0.15, -0.1) is 0 Å². The van der Waals surface area contributed by atoms with Crippen LogP contribution in [0.15, 0.2) is 78.9 Å². The standard InChI is InChI=1S/C27H26N4O4/c1-30-16-18-31(19-17-30)26(33)21-12-10-20(11-13-21)24(32)15-14-22-6-5-9-25(28-22)29-27(34)35-23-7-3-2-4-8-23/h2-15H,16-19H2,1H3,(H,28,29,34)/b15-14-. The second-order valence-electron chi connectivity index (χ2n) is 8.15. The number of hydrogen-bond acceptors (Lipinski definition) is 6. The summed E-state index contributed by atoms with van der Waals surface area (Å²) in [6.07, 6.45) is 2.32. The molecule has 35 heavy (non-hydrogen) atoms. The van der Waals surface area contributed by atoms with E-state index in [1.807, 2.05) is 18.0 Å². The molecule has 0 bridgehead atoms. The molecular formula is C27H26N4O4. The molecule has 2 amide bonds. The molecule has 0 aliphatic carbocycles. The van der Waals surface area contributed by atoms with Gasteiger partial charge in [-0.3, -0.25) is 14.9 Å². The molecule has 8 heteroatoms. The normalized spacial score (nSPS) is 14.0. The number of amides is 2. The Morgan fingerprint density at radius 1 is 0.857 bits per heavy atom. The molecule has 0 unspecified atom stereocenters. The van der Waals surface area contributed by atoms with Gasteiger partial charge in [0.2, 0.25) is 0 Å². The molecule has 1 aromatic heterocycles. The van der Waals surface area contributed by atoms with Crippen molar-refractivity contribution in [1.29, 1.82) is 0 Å². The summed E-state index contributed by atoms with van der Waals surface area (Å²) >= 11 is 0. The average molecular weight is 471 g/mol. The third kappa shape index (κ3) is 6.61. The van der Waals surface area contributed by atoms with Crippen molar-refractivity contribution < 1.29 is 19.1 Å². The van der Waals surface area contributed by atoms with Gasteiger partial charge in [0.1, 0.15) is 11.6 Å². The molecule has 1 N–H and O–H groups in total. The van der Waals surface area contributed by atoms with E-state index in [0.717, 1.165) is 13.1 Å². The smallest absolute Gasteiger partial charge is 0.410 e. The Kier molecular flexibility index (Phi) is 7.64. The van der Waals surface area contributed by atoms with Gasteiger partial charge in [0.15, 0.2) is 5.78 Å². The highest BCUT2D eigenvalue weighted by Crippen LogP contribution is 2.13. The van der Waals surface area contributed by atoms with Gasteiger partial charge in [-0.05, 0) is 55.6 Å². The van der Waals surface area contributed by atoms with E-state index in [2.05, 4.69) is 15.2 Å². The summed E-state index contributed by atoms with van der Waals surface area (Å²) in [5.74, 6) is 0.481. The van der Waals surface area contributed by atoms with Crippen LogP contribution in [0.1, 0.15) is 26.4 Å². The maximum Gasteiger partial charge on any atom is 0.418 e. The van der Waals surface area contributed by atoms with Crippen molar-refractivity contribution in [1.82, 2.24) is 14.8 Å². The predicted molar refractivity (Wildman–Crippen MR) is 134 cm³/mol. The van der Waals surface area contributed by atoms with Crippen molar-refractivity contribution in [3.05, 3.63) is 95.7 Å². The Balaban J connectivity index is 1.34. The number of benzene rings is 2. The summed E-state index contributed by atoms with van der Waals surface area (Å²) in [6.45, 7) is 3.10. The monoisotopic (exact) mass is 470 g/mol. The molecule has 2 heterocycles. The van der Waals surface area contributed by atoms with Crippen molar-refractivity contribution in [2.24, 2.45) is 0 Å². The Morgan fingerprint density at radius 3 is 2.26 bits per heavy atom. The van der Waals surface area contributed by atoms with E-state index in [-0.39, 0.29) is 11.7 Å². The zero-order chi connectivity index (χ0) is 24.6. The number of aromatic nitrogens is 1. The third-order valence-electron chi connectivity index (χ3n) is 5.57. The molecule has 2 aromatic carbocycles. The number of para-hydroxylation sites is 1. The highest BCUT2D eigenvalue weighted by atomic mass is 16.6. The van der Waals surface area contributed by atoms with E-state index in [1.54, 1.807) is 72.8 Å². The number of carbonyl (C=O) groups is 3. The number of pyridine rings is 1. The molecule has 1 saturated heterocycles. The predicted octanol–water partition coefficient (Wildman–Crippen LogP) is 3.98. The minimum atomic E-state index is -0.660. The van der Waals surface area contributed by atoms with E-state index in [4.69, 9.17) is 4.74 Å². The van der Waals surface area contributed by atoms with Crippen LogP contribution in [0, 0.1) is 0 Å². The van der Waals surface area contributed by atoms with Gasteiger partial charge in [-0.25, -0.2) is 9.78 Å². The first-order valence-electron chi connectivity index (χ1n) is 11.3. The van der Waals surface area contributed by atoms with Crippen LogP contribution in [-0.4, -0.2) is 65.8 Å². The zero-order valence-electron chi connectivity index (χ0n) is 19.4. The van der Waals surface area contributed by atoms with Crippen LogP contribution in [0.2, 0.25) is 0 Å². The van der Waals surface area contributed by atoms with E-state index in [9.17, 15) is 14.4 Å². The van der Waals surface area contributed by atoms with Gasteiger partial charge in [-0.1, -0.05) is 36.4 Å². The second-order valence-corrected chi connectivity index (χ2v) is 8.15. The molecule has 1 aliphatic rings. The van der Waals surface area contributed by atoms with Crippen LogP contribution >= 0.6 is 0 Å². The molecule has 8 nitrogen and oxygen atoms in total.